The highest BCUT2D eigenvalue weighted by Gasteiger charge is 2.25. The van der Waals surface area contributed by atoms with E-state index in [9.17, 15) is 4.79 Å². The van der Waals surface area contributed by atoms with Gasteiger partial charge in [-0.3, -0.25) is 14.6 Å². The van der Waals surface area contributed by atoms with Crippen molar-refractivity contribution < 1.29 is 14.3 Å². The molecule has 0 spiro atoms. The van der Waals surface area contributed by atoms with Gasteiger partial charge >= 0.3 is 0 Å². The van der Waals surface area contributed by atoms with Gasteiger partial charge in [-0.15, -0.1) is 0 Å². The van der Waals surface area contributed by atoms with Crippen molar-refractivity contribution in [2.45, 2.75) is 19.5 Å². The van der Waals surface area contributed by atoms with Crippen LogP contribution in [0.5, 0.6) is 11.5 Å². The predicted octanol–water partition coefficient (Wildman–Crippen LogP) is 2.40. The molecule has 156 valence electrons. The Hall–Kier alpha value is -2.57. The molecule has 2 aromatic carbocycles. The summed E-state index contributed by atoms with van der Waals surface area (Å²) in [6, 6.07) is 17.5. The summed E-state index contributed by atoms with van der Waals surface area (Å²) in [6.07, 6.45) is 0. The van der Waals surface area contributed by atoms with Crippen molar-refractivity contribution in [1.82, 2.24) is 15.1 Å². The summed E-state index contributed by atoms with van der Waals surface area (Å²) < 4.78 is 10.9. The van der Waals surface area contributed by atoms with Gasteiger partial charge in [0.05, 0.1) is 13.2 Å². The molecule has 1 amide bonds. The first-order valence-corrected chi connectivity index (χ1v) is 10.2. The first kappa shape index (κ1) is 21.1. The Morgan fingerprint density at radius 2 is 1.69 bits per heavy atom. The monoisotopic (exact) mass is 397 g/mol. The molecule has 1 saturated heterocycles. The second-order valence-corrected chi connectivity index (χ2v) is 7.28. The van der Waals surface area contributed by atoms with Crippen LogP contribution in [0.25, 0.3) is 0 Å². The van der Waals surface area contributed by atoms with E-state index in [1.807, 2.05) is 61.5 Å². The van der Waals surface area contributed by atoms with E-state index in [2.05, 4.69) is 15.1 Å². The molecular formula is C23H31N3O3. The number of carbonyl (C=O) groups excluding carboxylic acids is 1. The largest absolute Gasteiger partial charge is 0.497 e. The lowest BCUT2D eigenvalue weighted by atomic mass is 10.2. The van der Waals surface area contributed by atoms with Crippen LogP contribution >= 0.6 is 0 Å². The average Bonchev–Trinajstić information content (AvgIpc) is 2.78. The molecule has 0 radical (unpaired) electrons. The Morgan fingerprint density at radius 3 is 2.34 bits per heavy atom. The Balaban J connectivity index is 1.35. The number of rotatable bonds is 9. The third kappa shape index (κ3) is 6.48. The van der Waals surface area contributed by atoms with Gasteiger partial charge in [0.1, 0.15) is 18.1 Å². The molecule has 3 rings (SSSR count). The van der Waals surface area contributed by atoms with Crippen LogP contribution < -0.4 is 14.8 Å². The molecule has 1 aliphatic rings. The van der Waals surface area contributed by atoms with Gasteiger partial charge in [0, 0.05) is 39.3 Å². The van der Waals surface area contributed by atoms with Gasteiger partial charge in [-0.2, -0.15) is 0 Å². The molecule has 6 heteroatoms. The van der Waals surface area contributed by atoms with Crippen molar-refractivity contribution in [2.75, 3.05) is 46.4 Å². The molecule has 2 aromatic rings. The number of piperazine rings is 1. The maximum Gasteiger partial charge on any atom is 0.237 e. The summed E-state index contributed by atoms with van der Waals surface area (Å²) in [4.78, 5) is 17.2. The lowest BCUT2D eigenvalue weighted by Crippen LogP contribution is -2.54. The van der Waals surface area contributed by atoms with Crippen LogP contribution in [-0.4, -0.2) is 68.2 Å². The van der Waals surface area contributed by atoms with E-state index in [4.69, 9.17) is 9.47 Å². The maximum absolute atomic E-state index is 12.5. The summed E-state index contributed by atoms with van der Waals surface area (Å²) in [5, 5.41) is 3.04. The number of carbonyl (C=O) groups is 1. The zero-order valence-corrected chi connectivity index (χ0v) is 17.3. The topological polar surface area (TPSA) is 54.0 Å². The third-order valence-electron chi connectivity index (χ3n) is 5.38. The molecule has 1 aliphatic heterocycles. The smallest absolute Gasteiger partial charge is 0.237 e. The van der Waals surface area contributed by atoms with E-state index < -0.39 is 0 Å². The van der Waals surface area contributed by atoms with E-state index in [1.165, 1.54) is 0 Å². The maximum atomic E-state index is 12.5. The van der Waals surface area contributed by atoms with E-state index in [1.54, 1.807) is 7.11 Å². The average molecular weight is 398 g/mol. The van der Waals surface area contributed by atoms with Gasteiger partial charge in [-0.25, -0.2) is 0 Å². The molecule has 0 bridgehead atoms. The Kier molecular flexibility index (Phi) is 7.90. The van der Waals surface area contributed by atoms with Crippen LogP contribution in [0.15, 0.2) is 54.6 Å². The highest BCUT2D eigenvalue weighted by atomic mass is 16.5. The molecule has 1 N–H and O–H groups in total. The van der Waals surface area contributed by atoms with Crippen molar-refractivity contribution in [3.8, 4) is 11.5 Å². The molecule has 29 heavy (non-hydrogen) atoms. The Morgan fingerprint density at radius 1 is 1.00 bits per heavy atom. The van der Waals surface area contributed by atoms with Gasteiger partial charge < -0.3 is 14.8 Å². The molecule has 1 fully saturated rings. The van der Waals surface area contributed by atoms with Crippen LogP contribution in [0.1, 0.15) is 12.5 Å². The number of nitrogens with one attached hydrogen (secondary N) is 1. The molecule has 6 nitrogen and oxygen atoms in total. The fraction of sp³-hybridized carbons (Fsp3) is 0.435. The lowest BCUT2D eigenvalue weighted by Gasteiger charge is -2.37. The van der Waals surface area contributed by atoms with E-state index in [0.717, 1.165) is 49.8 Å². The summed E-state index contributed by atoms with van der Waals surface area (Å²) in [5.74, 6) is 1.80. The van der Waals surface area contributed by atoms with Crippen molar-refractivity contribution in [1.29, 1.82) is 0 Å². The van der Waals surface area contributed by atoms with Gasteiger partial charge in [0.2, 0.25) is 5.91 Å². The SMILES string of the molecule is COc1ccc(CNC(=O)[C@H](C)N2CCN(CCOc3ccccc3)CC2)cc1. The van der Waals surface area contributed by atoms with Crippen LogP contribution in [0.4, 0.5) is 0 Å². The predicted molar refractivity (Wildman–Crippen MR) is 114 cm³/mol. The zero-order chi connectivity index (χ0) is 20.5. The first-order valence-electron chi connectivity index (χ1n) is 10.2. The number of ether oxygens (including phenoxy) is 2. The Labute approximate surface area is 173 Å². The standard InChI is InChI=1S/C23H31N3O3/c1-19(23(27)24-18-20-8-10-21(28-2)11-9-20)26-14-12-25(13-15-26)16-17-29-22-6-4-3-5-7-22/h3-11,19H,12-18H2,1-2H3,(H,24,27)/t19-/m0/s1. The van der Waals surface area contributed by atoms with Crippen LogP contribution in [0.2, 0.25) is 0 Å². The quantitative estimate of drug-likeness (QED) is 0.704. The minimum Gasteiger partial charge on any atom is -0.497 e. The van der Waals surface area contributed by atoms with Crippen molar-refractivity contribution >= 4 is 5.91 Å². The minimum atomic E-state index is -0.129. The third-order valence-corrected chi connectivity index (χ3v) is 5.38. The molecule has 0 unspecified atom stereocenters. The van der Waals surface area contributed by atoms with E-state index in [0.29, 0.717) is 13.2 Å². The summed E-state index contributed by atoms with van der Waals surface area (Å²) >= 11 is 0. The number of para-hydroxylation sites is 1. The first-order chi connectivity index (χ1) is 14.2. The normalized spacial score (nSPS) is 16.2. The van der Waals surface area contributed by atoms with E-state index in [-0.39, 0.29) is 11.9 Å². The second kappa shape index (κ2) is 10.8. The van der Waals surface area contributed by atoms with Crippen molar-refractivity contribution in [3.05, 3.63) is 60.2 Å². The number of hydrogen-bond donors (Lipinski definition) is 1. The number of methoxy groups -OCH3 is 1. The molecule has 0 aliphatic carbocycles. The number of benzene rings is 2. The molecular weight excluding hydrogens is 366 g/mol. The van der Waals surface area contributed by atoms with E-state index >= 15 is 0 Å². The molecule has 0 saturated carbocycles. The van der Waals surface area contributed by atoms with Gasteiger partial charge in [-0.1, -0.05) is 30.3 Å². The van der Waals surface area contributed by atoms with Crippen LogP contribution in [0.3, 0.4) is 0 Å². The van der Waals surface area contributed by atoms with Crippen LogP contribution in [0, 0.1) is 0 Å². The number of hydrogen-bond acceptors (Lipinski definition) is 5. The summed E-state index contributed by atoms with van der Waals surface area (Å²) in [5.41, 5.74) is 1.06. The van der Waals surface area contributed by atoms with Crippen LogP contribution in [-0.2, 0) is 11.3 Å². The highest BCUT2D eigenvalue weighted by Crippen LogP contribution is 2.12. The molecule has 1 heterocycles. The number of amides is 1. The Bertz CT molecular complexity index is 744. The van der Waals surface area contributed by atoms with Crippen molar-refractivity contribution in [3.63, 3.8) is 0 Å². The van der Waals surface area contributed by atoms with Gasteiger partial charge in [0.25, 0.3) is 0 Å². The van der Waals surface area contributed by atoms with Gasteiger partial charge in [-0.05, 0) is 36.8 Å². The minimum absolute atomic E-state index is 0.0710. The highest BCUT2D eigenvalue weighted by molar-refractivity contribution is 5.81. The lowest BCUT2D eigenvalue weighted by molar-refractivity contribution is -0.126. The van der Waals surface area contributed by atoms with Crippen molar-refractivity contribution in [2.24, 2.45) is 0 Å². The second-order valence-electron chi connectivity index (χ2n) is 7.28. The molecule has 0 aromatic heterocycles. The zero-order valence-electron chi connectivity index (χ0n) is 17.3. The molecule has 1 atom stereocenters. The number of nitrogens with zero attached hydrogens (tertiary/aromatic N) is 2. The van der Waals surface area contributed by atoms with Gasteiger partial charge in [0.15, 0.2) is 0 Å². The fourth-order valence-corrected chi connectivity index (χ4v) is 3.43. The summed E-state index contributed by atoms with van der Waals surface area (Å²) in [7, 11) is 1.65. The summed E-state index contributed by atoms with van der Waals surface area (Å²) in [6.45, 7) is 7.79. The fourth-order valence-electron chi connectivity index (χ4n) is 3.43.